The highest BCUT2D eigenvalue weighted by Gasteiger charge is 2.19. The number of benzene rings is 3. The molecule has 1 aromatic heterocycles. The lowest BCUT2D eigenvalue weighted by molar-refractivity contribution is -0.384. The Hall–Kier alpha value is -4.56. The number of rotatable bonds is 8. The maximum absolute atomic E-state index is 13.2. The fourth-order valence-corrected chi connectivity index (χ4v) is 3.71. The van der Waals surface area contributed by atoms with Crippen LogP contribution in [-0.4, -0.2) is 26.8 Å². The molecular weight excluding hydrogens is 434 g/mol. The highest BCUT2D eigenvalue weighted by atomic mass is 16.6. The molecular formula is C26H21N3O5. The van der Waals surface area contributed by atoms with E-state index in [9.17, 15) is 19.7 Å². The molecule has 3 aromatic carbocycles. The number of hydrogen-bond donors (Lipinski definition) is 3. The summed E-state index contributed by atoms with van der Waals surface area (Å²) in [7, 11) is 0. The van der Waals surface area contributed by atoms with Crippen molar-refractivity contribution in [1.82, 2.24) is 10.5 Å². The van der Waals surface area contributed by atoms with Crippen molar-refractivity contribution in [2.24, 2.45) is 0 Å². The van der Waals surface area contributed by atoms with Crippen LogP contribution < -0.4 is 5.48 Å². The fourth-order valence-electron chi connectivity index (χ4n) is 3.71. The fraction of sp³-hybridized carbons (Fsp3) is 0.0769. The average molecular weight is 455 g/mol. The number of nitrogens with one attached hydrogen (secondary N) is 2. The van der Waals surface area contributed by atoms with E-state index in [2.05, 4.69) is 4.98 Å². The van der Waals surface area contributed by atoms with E-state index in [-0.39, 0.29) is 17.9 Å². The number of hydroxylamine groups is 1. The Labute approximate surface area is 195 Å². The SMILES string of the molecule is O=C(NO)c1ccc(CCC(=O)c2[nH]c(-c3ccccc3)cc2-c2ccc([N+](=O)[O-])cc2)cc1. The van der Waals surface area contributed by atoms with Crippen LogP contribution in [0.5, 0.6) is 0 Å². The number of ketones is 1. The number of nitro groups is 1. The lowest BCUT2D eigenvalue weighted by atomic mass is 9.99. The normalized spacial score (nSPS) is 10.6. The first-order valence-electron chi connectivity index (χ1n) is 10.6. The molecule has 0 fully saturated rings. The number of carbonyl (C=O) groups is 2. The number of hydrogen-bond acceptors (Lipinski definition) is 5. The van der Waals surface area contributed by atoms with Crippen molar-refractivity contribution < 1.29 is 19.7 Å². The predicted octanol–water partition coefficient (Wildman–Crippen LogP) is 5.19. The summed E-state index contributed by atoms with van der Waals surface area (Å²) in [5.41, 5.74) is 6.25. The zero-order valence-corrected chi connectivity index (χ0v) is 18.0. The standard InChI is InChI=1S/C26H21N3O5/c30-24(15-8-17-6-9-20(10-7-17)26(31)28-32)25-22(18-11-13-21(14-12-18)29(33)34)16-23(27-25)19-4-2-1-3-5-19/h1-7,9-14,16,27,32H,8,15H2,(H,28,31). The molecule has 1 amide bonds. The van der Waals surface area contributed by atoms with Crippen LogP contribution in [0, 0.1) is 10.1 Å². The second-order valence-electron chi connectivity index (χ2n) is 7.70. The molecule has 0 radical (unpaired) electrons. The molecule has 8 heteroatoms. The number of aryl methyl sites for hydroxylation is 1. The summed E-state index contributed by atoms with van der Waals surface area (Å²) in [4.78, 5) is 38.5. The highest BCUT2D eigenvalue weighted by Crippen LogP contribution is 2.32. The third-order valence-electron chi connectivity index (χ3n) is 5.53. The van der Waals surface area contributed by atoms with Crippen LogP contribution >= 0.6 is 0 Å². The van der Waals surface area contributed by atoms with Crippen molar-refractivity contribution in [2.75, 3.05) is 0 Å². The van der Waals surface area contributed by atoms with Crippen LogP contribution in [0.15, 0.2) is 84.9 Å². The molecule has 0 aliphatic rings. The smallest absolute Gasteiger partial charge is 0.274 e. The molecule has 0 saturated carbocycles. The van der Waals surface area contributed by atoms with Gasteiger partial charge in [0.2, 0.25) is 0 Å². The molecule has 0 bridgehead atoms. The summed E-state index contributed by atoms with van der Waals surface area (Å²) in [6.45, 7) is 0. The molecule has 0 spiro atoms. The number of carbonyl (C=O) groups excluding carboxylic acids is 2. The number of Topliss-reactive ketones (excluding diaryl/α,β-unsaturated/α-hetero) is 1. The molecule has 4 rings (SSSR count). The molecule has 0 saturated heterocycles. The summed E-state index contributed by atoms with van der Waals surface area (Å²) in [6.07, 6.45) is 0.680. The minimum Gasteiger partial charge on any atom is -0.352 e. The lowest BCUT2D eigenvalue weighted by Crippen LogP contribution is -2.18. The van der Waals surface area contributed by atoms with Gasteiger partial charge in [-0.05, 0) is 53.4 Å². The van der Waals surface area contributed by atoms with Gasteiger partial charge < -0.3 is 4.98 Å². The van der Waals surface area contributed by atoms with E-state index in [0.29, 0.717) is 28.8 Å². The summed E-state index contributed by atoms with van der Waals surface area (Å²) in [5.74, 6) is -0.706. The quantitative estimate of drug-likeness (QED) is 0.146. The van der Waals surface area contributed by atoms with Gasteiger partial charge in [-0.1, -0.05) is 42.5 Å². The third kappa shape index (κ3) is 4.92. The number of H-pyrrole nitrogens is 1. The first-order valence-corrected chi connectivity index (χ1v) is 10.6. The summed E-state index contributed by atoms with van der Waals surface area (Å²) < 4.78 is 0. The Morgan fingerprint density at radius 1 is 0.912 bits per heavy atom. The van der Waals surface area contributed by atoms with Gasteiger partial charge in [-0.2, -0.15) is 0 Å². The van der Waals surface area contributed by atoms with E-state index in [4.69, 9.17) is 5.21 Å². The average Bonchev–Trinajstić information content (AvgIpc) is 3.33. The van der Waals surface area contributed by atoms with Gasteiger partial charge in [0.05, 0.1) is 10.6 Å². The highest BCUT2D eigenvalue weighted by molar-refractivity contribution is 6.02. The van der Waals surface area contributed by atoms with Crippen LogP contribution in [0.1, 0.15) is 32.8 Å². The Morgan fingerprint density at radius 3 is 2.21 bits per heavy atom. The van der Waals surface area contributed by atoms with Gasteiger partial charge in [-0.15, -0.1) is 0 Å². The Morgan fingerprint density at radius 2 is 1.59 bits per heavy atom. The van der Waals surface area contributed by atoms with Crippen molar-refractivity contribution in [3.63, 3.8) is 0 Å². The number of aromatic nitrogens is 1. The molecule has 3 N–H and O–H groups in total. The number of non-ortho nitro benzene ring substituents is 1. The zero-order chi connectivity index (χ0) is 24.1. The van der Waals surface area contributed by atoms with Gasteiger partial charge in [0.25, 0.3) is 11.6 Å². The van der Waals surface area contributed by atoms with Crippen LogP contribution in [-0.2, 0) is 6.42 Å². The van der Waals surface area contributed by atoms with Crippen molar-refractivity contribution in [3.05, 3.63) is 112 Å². The molecule has 1 heterocycles. The van der Waals surface area contributed by atoms with E-state index < -0.39 is 10.8 Å². The Bertz CT molecular complexity index is 1330. The number of amides is 1. The summed E-state index contributed by atoms with van der Waals surface area (Å²) >= 11 is 0. The van der Waals surface area contributed by atoms with Gasteiger partial charge >= 0.3 is 0 Å². The minimum absolute atomic E-state index is 0.0197. The van der Waals surface area contributed by atoms with E-state index in [1.54, 1.807) is 41.9 Å². The largest absolute Gasteiger partial charge is 0.352 e. The first kappa shape index (κ1) is 22.6. The Balaban J connectivity index is 1.61. The summed E-state index contributed by atoms with van der Waals surface area (Å²) in [6, 6.07) is 24.2. The van der Waals surface area contributed by atoms with E-state index >= 15 is 0 Å². The number of nitro benzene ring substituents is 1. The second kappa shape index (κ2) is 9.93. The topological polar surface area (TPSA) is 125 Å². The van der Waals surface area contributed by atoms with Crippen molar-refractivity contribution >= 4 is 17.4 Å². The van der Waals surface area contributed by atoms with Gasteiger partial charge in [-0.3, -0.25) is 24.9 Å². The van der Waals surface area contributed by atoms with Crippen LogP contribution in [0.4, 0.5) is 5.69 Å². The number of nitrogens with zero attached hydrogens (tertiary/aromatic N) is 1. The Kier molecular flexibility index (Phi) is 6.61. The van der Waals surface area contributed by atoms with Gasteiger partial charge in [0, 0.05) is 35.4 Å². The summed E-state index contributed by atoms with van der Waals surface area (Å²) in [5, 5.41) is 19.7. The molecule has 34 heavy (non-hydrogen) atoms. The van der Waals surface area contributed by atoms with Gasteiger partial charge in [-0.25, -0.2) is 5.48 Å². The van der Waals surface area contributed by atoms with Crippen LogP contribution in [0.3, 0.4) is 0 Å². The molecule has 0 unspecified atom stereocenters. The minimum atomic E-state index is -0.602. The van der Waals surface area contributed by atoms with Crippen LogP contribution in [0.25, 0.3) is 22.4 Å². The molecule has 0 atom stereocenters. The molecule has 170 valence electrons. The molecule has 0 aliphatic carbocycles. The monoisotopic (exact) mass is 455 g/mol. The van der Waals surface area contributed by atoms with Crippen molar-refractivity contribution in [1.29, 1.82) is 0 Å². The van der Waals surface area contributed by atoms with Gasteiger partial charge in [0.15, 0.2) is 5.78 Å². The molecule has 8 nitrogen and oxygen atoms in total. The van der Waals surface area contributed by atoms with Gasteiger partial charge in [0.1, 0.15) is 0 Å². The maximum atomic E-state index is 13.2. The van der Waals surface area contributed by atoms with E-state index in [1.165, 1.54) is 12.1 Å². The van der Waals surface area contributed by atoms with Crippen LogP contribution in [0.2, 0.25) is 0 Å². The molecule has 0 aliphatic heterocycles. The zero-order valence-electron chi connectivity index (χ0n) is 18.0. The number of aromatic amines is 1. The maximum Gasteiger partial charge on any atom is 0.274 e. The second-order valence-corrected chi connectivity index (χ2v) is 7.70. The van der Waals surface area contributed by atoms with Crippen molar-refractivity contribution in [2.45, 2.75) is 12.8 Å². The lowest BCUT2D eigenvalue weighted by Gasteiger charge is -2.05. The van der Waals surface area contributed by atoms with E-state index in [0.717, 1.165) is 16.8 Å². The van der Waals surface area contributed by atoms with Crippen molar-refractivity contribution in [3.8, 4) is 22.4 Å². The first-order chi connectivity index (χ1) is 16.5. The third-order valence-corrected chi connectivity index (χ3v) is 5.53. The van der Waals surface area contributed by atoms with E-state index in [1.807, 2.05) is 36.4 Å². The molecule has 4 aromatic rings. The predicted molar refractivity (Wildman–Crippen MR) is 127 cm³/mol.